The third-order valence-corrected chi connectivity index (χ3v) is 1.91. The van der Waals surface area contributed by atoms with Gasteiger partial charge in [0.2, 0.25) is 0 Å². The molecular formula is C8H8N4S. The molecule has 0 unspecified atom stereocenters. The van der Waals surface area contributed by atoms with E-state index in [0.29, 0.717) is 4.64 Å². The molecule has 66 valence electrons. The van der Waals surface area contributed by atoms with E-state index in [4.69, 9.17) is 12.2 Å². The Hall–Kier alpha value is -1.49. The minimum absolute atomic E-state index is 0.626. The molecule has 2 aromatic rings. The molecule has 0 bridgehead atoms. The van der Waals surface area contributed by atoms with E-state index in [1.807, 2.05) is 19.3 Å². The number of rotatable bonds is 1. The number of aromatic amines is 1. The van der Waals surface area contributed by atoms with Crippen LogP contribution in [-0.2, 0) is 7.05 Å². The summed E-state index contributed by atoms with van der Waals surface area (Å²) >= 11 is 4.96. The highest BCUT2D eigenvalue weighted by Crippen LogP contribution is 2.15. The quantitative estimate of drug-likeness (QED) is 0.697. The summed E-state index contributed by atoms with van der Waals surface area (Å²) in [7, 11) is 1.88. The van der Waals surface area contributed by atoms with Crippen LogP contribution < -0.4 is 0 Å². The summed E-state index contributed by atoms with van der Waals surface area (Å²) < 4.78 is 2.37. The standard InChI is InChI=1S/C8H8N4S/c1-12-5-7(4-10-12)6-2-8(13)11-9-3-6/h2-5H,1H3,(H,11,13). The van der Waals surface area contributed by atoms with Crippen LogP contribution >= 0.6 is 12.2 Å². The van der Waals surface area contributed by atoms with Crippen molar-refractivity contribution < 1.29 is 0 Å². The maximum atomic E-state index is 4.96. The molecule has 0 aliphatic heterocycles. The second-order valence-electron chi connectivity index (χ2n) is 2.74. The molecule has 0 aromatic carbocycles. The molecule has 1 N–H and O–H groups in total. The average Bonchev–Trinajstić information content (AvgIpc) is 2.52. The molecule has 0 amide bonds. The third kappa shape index (κ3) is 1.65. The average molecular weight is 192 g/mol. The number of nitrogens with zero attached hydrogens (tertiary/aromatic N) is 3. The number of hydrogen-bond donors (Lipinski definition) is 1. The smallest absolute Gasteiger partial charge is 0.120 e. The fourth-order valence-corrected chi connectivity index (χ4v) is 1.28. The molecule has 13 heavy (non-hydrogen) atoms. The number of nitrogens with one attached hydrogen (secondary N) is 1. The first kappa shape index (κ1) is 8.12. The molecule has 0 saturated carbocycles. The summed E-state index contributed by atoms with van der Waals surface area (Å²) in [4.78, 5) is 0. The predicted molar refractivity (Wildman–Crippen MR) is 51.6 cm³/mol. The van der Waals surface area contributed by atoms with Crippen LogP contribution in [0.15, 0.2) is 24.7 Å². The molecule has 0 aliphatic carbocycles. The SMILES string of the molecule is Cn1cc(-c2cn[nH]c(=S)c2)cn1. The fourth-order valence-electron chi connectivity index (χ4n) is 1.10. The molecule has 5 heteroatoms. The van der Waals surface area contributed by atoms with Crippen molar-refractivity contribution in [3.63, 3.8) is 0 Å². The Morgan fingerprint density at radius 1 is 1.38 bits per heavy atom. The molecular weight excluding hydrogens is 184 g/mol. The van der Waals surface area contributed by atoms with Gasteiger partial charge in [-0.3, -0.25) is 9.78 Å². The normalized spacial score (nSPS) is 10.2. The second-order valence-corrected chi connectivity index (χ2v) is 3.18. The maximum absolute atomic E-state index is 4.96. The van der Waals surface area contributed by atoms with Crippen LogP contribution in [0.5, 0.6) is 0 Å². The van der Waals surface area contributed by atoms with Crippen LogP contribution in [0.4, 0.5) is 0 Å². The van der Waals surface area contributed by atoms with Gasteiger partial charge in [-0.1, -0.05) is 12.2 Å². The molecule has 0 aliphatic rings. The van der Waals surface area contributed by atoms with Crippen LogP contribution in [0.3, 0.4) is 0 Å². The highest BCUT2D eigenvalue weighted by atomic mass is 32.1. The van der Waals surface area contributed by atoms with Crippen LogP contribution in [0, 0.1) is 4.64 Å². The van der Waals surface area contributed by atoms with Gasteiger partial charge < -0.3 is 0 Å². The first-order valence-electron chi connectivity index (χ1n) is 3.79. The van der Waals surface area contributed by atoms with Crippen molar-refractivity contribution in [1.82, 2.24) is 20.0 Å². The summed E-state index contributed by atoms with van der Waals surface area (Å²) in [6.07, 6.45) is 5.43. The van der Waals surface area contributed by atoms with E-state index < -0.39 is 0 Å². The van der Waals surface area contributed by atoms with Crippen molar-refractivity contribution >= 4 is 12.2 Å². The van der Waals surface area contributed by atoms with Gasteiger partial charge in [0.25, 0.3) is 0 Å². The second kappa shape index (κ2) is 3.10. The van der Waals surface area contributed by atoms with Gasteiger partial charge in [0.05, 0.1) is 12.4 Å². The summed E-state index contributed by atoms with van der Waals surface area (Å²) in [6.45, 7) is 0. The Morgan fingerprint density at radius 2 is 2.23 bits per heavy atom. The van der Waals surface area contributed by atoms with Crippen molar-refractivity contribution in [2.45, 2.75) is 0 Å². The molecule has 0 radical (unpaired) electrons. The Balaban J connectivity index is 2.52. The Bertz CT molecular complexity index is 471. The zero-order chi connectivity index (χ0) is 9.26. The van der Waals surface area contributed by atoms with E-state index in [0.717, 1.165) is 11.1 Å². The summed E-state index contributed by atoms with van der Waals surface area (Å²) in [5.74, 6) is 0. The molecule has 4 nitrogen and oxygen atoms in total. The van der Waals surface area contributed by atoms with Gasteiger partial charge in [0, 0.05) is 24.4 Å². The van der Waals surface area contributed by atoms with Crippen LogP contribution in [0.1, 0.15) is 0 Å². The number of H-pyrrole nitrogens is 1. The molecule has 2 aromatic heterocycles. The van der Waals surface area contributed by atoms with Gasteiger partial charge in [-0.15, -0.1) is 0 Å². The monoisotopic (exact) mass is 192 g/mol. The highest BCUT2D eigenvalue weighted by Gasteiger charge is 1.99. The lowest BCUT2D eigenvalue weighted by atomic mass is 10.2. The van der Waals surface area contributed by atoms with Crippen molar-refractivity contribution in [2.24, 2.45) is 7.05 Å². The Morgan fingerprint density at radius 3 is 2.85 bits per heavy atom. The van der Waals surface area contributed by atoms with E-state index in [-0.39, 0.29) is 0 Å². The van der Waals surface area contributed by atoms with Crippen molar-refractivity contribution in [3.8, 4) is 11.1 Å². The van der Waals surface area contributed by atoms with Gasteiger partial charge in [-0.25, -0.2) is 0 Å². The fraction of sp³-hybridized carbons (Fsp3) is 0.125. The molecule has 2 heterocycles. The van der Waals surface area contributed by atoms with E-state index in [2.05, 4.69) is 15.3 Å². The Kier molecular flexibility index (Phi) is 1.94. The zero-order valence-electron chi connectivity index (χ0n) is 7.06. The van der Waals surface area contributed by atoms with Gasteiger partial charge in [0.1, 0.15) is 4.64 Å². The van der Waals surface area contributed by atoms with E-state index in [9.17, 15) is 0 Å². The lowest BCUT2D eigenvalue weighted by Gasteiger charge is -1.93. The van der Waals surface area contributed by atoms with E-state index in [1.165, 1.54) is 0 Å². The highest BCUT2D eigenvalue weighted by molar-refractivity contribution is 7.71. The lowest BCUT2D eigenvalue weighted by molar-refractivity contribution is 0.768. The summed E-state index contributed by atoms with van der Waals surface area (Å²) in [5.41, 5.74) is 2.01. The minimum Gasteiger partial charge on any atom is -0.275 e. The molecule has 0 fully saturated rings. The zero-order valence-corrected chi connectivity index (χ0v) is 7.88. The first-order valence-corrected chi connectivity index (χ1v) is 4.20. The van der Waals surface area contributed by atoms with Gasteiger partial charge in [-0.05, 0) is 6.07 Å². The van der Waals surface area contributed by atoms with Gasteiger partial charge in [-0.2, -0.15) is 10.2 Å². The summed E-state index contributed by atoms with van der Waals surface area (Å²) in [6, 6.07) is 1.86. The topological polar surface area (TPSA) is 46.5 Å². The molecule has 0 atom stereocenters. The predicted octanol–water partition coefficient (Wildman–Crippen LogP) is 1.54. The van der Waals surface area contributed by atoms with E-state index >= 15 is 0 Å². The van der Waals surface area contributed by atoms with E-state index in [1.54, 1.807) is 17.1 Å². The molecule has 0 saturated heterocycles. The summed E-state index contributed by atoms with van der Waals surface area (Å²) in [5, 5.41) is 10.7. The largest absolute Gasteiger partial charge is 0.275 e. The van der Waals surface area contributed by atoms with Crippen LogP contribution in [0.25, 0.3) is 11.1 Å². The van der Waals surface area contributed by atoms with Crippen molar-refractivity contribution in [3.05, 3.63) is 29.3 Å². The van der Waals surface area contributed by atoms with Crippen molar-refractivity contribution in [1.29, 1.82) is 0 Å². The number of aryl methyl sites for hydroxylation is 1. The minimum atomic E-state index is 0.626. The molecule has 0 spiro atoms. The van der Waals surface area contributed by atoms with Crippen molar-refractivity contribution in [2.75, 3.05) is 0 Å². The number of aromatic nitrogens is 4. The van der Waals surface area contributed by atoms with Gasteiger partial charge >= 0.3 is 0 Å². The lowest BCUT2D eigenvalue weighted by Crippen LogP contribution is -1.85. The van der Waals surface area contributed by atoms with Gasteiger partial charge in [0.15, 0.2) is 0 Å². The third-order valence-electron chi connectivity index (χ3n) is 1.70. The number of hydrogen-bond acceptors (Lipinski definition) is 3. The maximum Gasteiger partial charge on any atom is 0.120 e. The first-order chi connectivity index (χ1) is 6.25. The van der Waals surface area contributed by atoms with Crippen LogP contribution in [-0.4, -0.2) is 20.0 Å². The van der Waals surface area contributed by atoms with Crippen LogP contribution in [0.2, 0.25) is 0 Å². The molecule has 2 rings (SSSR count). The Labute approximate surface area is 80.2 Å².